The number of nitrogens with one attached hydrogen (secondary N) is 1. The predicted octanol–water partition coefficient (Wildman–Crippen LogP) is 4.63. The predicted molar refractivity (Wildman–Crippen MR) is 117 cm³/mol. The standard InChI is InChI=1S/C23H27ClN2O4/c1-29-20-12-19(13-21(14-20)30-2)25-22(27)9-8-16-5-4-10-26(15-16)23(28)17-6-3-7-18(24)11-17/h3,6-7,11-14,16H,4-5,8-10,15H2,1-2H3,(H,25,27). The van der Waals surface area contributed by atoms with Gasteiger partial charge in [0.2, 0.25) is 5.91 Å². The van der Waals surface area contributed by atoms with Crippen LogP contribution in [0.1, 0.15) is 36.0 Å². The molecule has 160 valence electrons. The number of hydrogen-bond donors (Lipinski definition) is 1. The smallest absolute Gasteiger partial charge is 0.253 e. The Morgan fingerprint density at radius 2 is 1.87 bits per heavy atom. The summed E-state index contributed by atoms with van der Waals surface area (Å²) < 4.78 is 10.5. The first-order valence-corrected chi connectivity index (χ1v) is 10.4. The molecule has 30 heavy (non-hydrogen) atoms. The molecule has 1 heterocycles. The molecule has 2 aromatic carbocycles. The van der Waals surface area contributed by atoms with Crippen LogP contribution in [-0.4, -0.2) is 44.0 Å². The molecule has 0 aliphatic carbocycles. The molecule has 1 aliphatic rings. The van der Waals surface area contributed by atoms with Gasteiger partial charge in [0.05, 0.1) is 14.2 Å². The Labute approximate surface area is 182 Å². The molecular weight excluding hydrogens is 404 g/mol. The zero-order valence-electron chi connectivity index (χ0n) is 17.3. The first-order chi connectivity index (χ1) is 14.5. The van der Waals surface area contributed by atoms with E-state index in [4.69, 9.17) is 21.1 Å². The lowest BCUT2D eigenvalue weighted by molar-refractivity contribution is -0.116. The zero-order valence-corrected chi connectivity index (χ0v) is 18.1. The van der Waals surface area contributed by atoms with Crippen LogP contribution in [-0.2, 0) is 4.79 Å². The molecule has 2 aromatic rings. The fourth-order valence-corrected chi connectivity index (χ4v) is 3.92. The third-order valence-electron chi connectivity index (χ3n) is 5.29. The van der Waals surface area contributed by atoms with Gasteiger partial charge in [0.25, 0.3) is 5.91 Å². The molecule has 2 amide bonds. The fourth-order valence-electron chi connectivity index (χ4n) is 3.73. The van der Waals surface area contributed by atoms with E-state index in [1.807, 2.05) is 4.90 Å². The zero-order chi connectivity index (χ0) is 21.5. The van der Waals surface area contributed by atoms with Crippen molar-refractivity contribution in [3.05, 3.63) is 53.1 Å². The van der Waals surface area contributed by atoms with Gasteiger partial charge in [-0.3, -0.25) is 9.59 Å². The summed E-state index contributed by atoms with van der Waals surface area (Å²) >= 11 is 6.01. The van der Waals surface area contributed by atoms with Gasteiger partial charge in [-0.1, -0.05) is 17.7 Å². The number of likely N-dealkylation sites (tertiary alicyclic amines) is 1. The summed E-state index contributed by atoms with van der Waals surface area (Å²) in [5.74, 6) is 1.46. The number of piperidine rings is 1. The van der Waals surface area contributed by atoms with Gasteiger partial charge in [0, 0.05) is 54.0 Å². The third kappa shape index (κ3) is 5.89. The van der Waals surface area contributed by atoms with Crippen molar-refractivity contribution in [2.45, 2.75) is 25.7 Å². The van der Waals surface area contributed by atoms with Crippen molar-refractivity contribution in [3.8, 4) is 11.5 Å². The monoisotopic (exact) mass is 430 g/mol. The van der Waals surface area contributed by atoms with Gasteiger partial charge in [-0.2, -0.15) is 0 Å². The summed E-state index contributed by atoms with van der Waals surface area (Å²) in [6.45, 7) is 1.39. The number of anilines is 1. The Kier molecular flexibility index (Phi) is 7.57. The second-order valence-electron chi connectivity index (χ2n) is 7.46. The number of benzene rings is 2. The normalized spacial score (nSPS) is 16.1. The number of methoxy groups -OCH3 is 2. The molecule has 1 atom stereocenters. The first-order valence-electron chi connectivity index (χ1n) is 10.1. The van der Waals surface area contributed by atoms with Crippen molar-refractivity contribution in [2.75, 3.05) is 32.6 Å². The minimum atomic E-state index is -0.0661. The van der Waals surface area contributed by atoms with E-state index in [1.54, 1.807) is 56.7 Å². The third-order valence-corrected chi connectivity index (χ3v) is 5.53. The molecule has 0 saturated carbocycles. The maximum Gasteiger partial charge on any atom is 0.253 e. The second-order valence-corrected chi connectivity index (χ2v) is 7.89. The molecule has 0 bridgehead atoms. The first kappa shape index (κ1) is 22.0. The highest BCUT2D eigenvalue weighted by molar-refractivity contribution is 6.30. The minimum Gasteiger partial charge on any atom is -0.497 e. The van der Waals surface area contributed by atoms with E-state index in [9.17, 15) is 9.59 Å². The van der Waals surface area contributed by atoms with Crippen molar-refractivity contribution in [3.63, 3.8) is 0 Å². The topological polar surface area (TPSA) is 67.9 Å². The van der Waals surface area contributed by atoms with Crippen molar-refractivity contribution < 1.29 is 19.1 Å². The summed E-state index contributed by atoms with van der Waals surface area (Å²) in [6, 6.07) is 12.3. The minimum absolute atomic E-state index is 0.00451. The van der Waals surface area contributed by atoms with Gasteiger partial charge in [0.15, 0.2) is 0 Å². The second kappa shape index (κ2) is 10.3. The van der Waals surface area contributed by atoms with Gasteiger partial charge >= 0.3 is 0 Å². The number of nitrogens with zero attached hydrogens (tertiary/aromatic N) is 1. The fraction of sp³-hybridized carbons (Fsp3) is 0.391. The highest BCUT2D eigenvalue weighted by Gasteiger charge is 2.25. The van der Waals surface area contributed by atoms with Crippen LogP contribution >= 0.6 is 11.6 Å². The lowest BCUT2D eigenvalue weighted by Gasteiger charge is -2.33. The van der Waals surface area contributed by atoms with Crippen LogP contribution in [0.5, 0.6) is 11.5 Å². The molecule has 1 unspecified atom stereocenters. The Morgan fingerprint density at radius 1 is 1.13 bits per heavy atom. The van der Waals surface area contributed by atoms with Crippen LogP contribution in [0.25, 0.3) is 0 Å². The number of carbonyl (C=O) groups excluding carboxylic acids is 2. The number of ether oxygens (including phenoxy) is 2. The van der Waals surface area contributed by atoms with E-state index in [0.717, 1.165) is 25.8 Å². The van der Waals surface area contributed by atoms with Gasteiger partial charge in [-0.25, -0.2) is 0 Å². The SMILES string of the molecule is COc1cc(NC(=O)CCC2CCCN(C(=O)c3cccc(Cl)c3)C2)cc(OC)c1. The molecule has 1 saturated heterocycles. The molecule has 0 spiro atoms. The van der Waals surface area contributed by atoms with Crippen LogP contribution in [0.15, 0.2) is 42.5 Å². The maximum atomic E-state index is 12.8. The van der Waals surface area contributed by atoms with E-state index >= 15 is 0 Å². The lowest BCUT2D eigenvalue weighted by atomic mass is 9.92. The average molecular weight is 431 g/mol. The van der Waals surface area contributed by atoms with Crippen molar-refractivity contribution in [2.24, 2.45) is 5.92 Å². The van der Waals surface area contributed by atoms with Crippen molar-refractivity contribution >= 4 is 29.1 Å². The molecule has 0 radical (unpaired) electrons. The Morgan fingerprint density at radius 3 is 2.53 bits per heavy atom. The van der Waals surface area contributed by atoms with Gasteiger partial charge < -0.3 is 19.7 Å². The van der Waals surface area contributed by atoms with Crippen molar-refractivity contribution in [1.82, 2.24) is 4.90 Å². The van der Waals surface area contributed by atoms with E-state index < -0.39 is 0 Å². The quantitative estimate of drug-likeness (QED) is 0.695. The molecule has 7 heteroatoms. The summed E-state index contributed by atoms with van der Waals surface area (Å²) in [7, 11) is 3.14. The molecule has 1 aliphatic heterocycles. The average Bonchev–Trinajstić information content (AvgIpc) is 2.77. The van der Waals surface area contributed by atoms with E-state index in [2.05, 4.69) is 5.32 Å². The van der Waals surface area contributed by atoms with Crippen LogP contribution < -0.4 is 14.8 Å². The van der Waals surface area contributed by atoms with Crippen molar-refractivity contribution in [1.29, 1.82) is 0 Å². The molecule has 3 rings (SSSR count). The molecule has 0 aromatic heterocycles. The summed E-state index contributed by atoms with van der Waals surface area (Å²) in [5.41, 5.74) is 1.24. The molecule has 1 fully saturated rings. The summed E-state index contributed by atoms with van der Waals surface area (Å²) in [4.78, 5) is 27.1. The van der Waals surface area contributed by atoms with E-state index in [-0.39, 0.29) is 11.8 Å². The lowest BCUT2D eigenvalue weighted by Crippen LogP contribution is -2.40. The number of amides is 2. The van der Waals surface area contributed by atoms with Crippen LogP contribution in [0.4, 0.5) is 5.69 Å². The Balaban J connectivity index is 1.53. The number of halogens is 1. The largest absolute Gasteiger partial charge is 0.497 e. The number of rotatable bonds is 7. The molecule has 1 N–H and O–H groups in total. The van der Waals surface area contributed by atoms with Gasteiger partial charge in [-0.15, -0.1) is 0 Å². The van der Waals surface area contributed by atoms with E-state index in [1.165, 1.54) is 0 Å². The van der Waals surface area contributed by atoms with Gasteiger partial charge in [0.1, 0.15) is 11.5 Å². The summed E-state index contributed by atoms with van der Waals surface area (Å²) in [6.07, 6.45) is 3.07. The molecular formula is C23H27ClN2O4. The Hall–Kier alpha value is -2.73. The van der Waals surface area contributed by atoms with Crippen LogP contribution in [0.2, 0.25) is 5.02 Å². The van der Waals surface area contributed by atoms with E-state index in [0.29, 0.717) is 46.7 Å². The van der Waals surface area contributed by atoms with Crippen LogP contribution in [0, 0.1) is 5.92 Å². The van der Waals surface area contributed by atoms with Crippen LogP contribution in [0.3, 0.4) is 0 Å². The summed E-state index contributed by atoms with van der Waals surface area (Å²) in [5, 5.41) is 3.46. The highest BCUT2D eigenvalue weighted by Crippen LogP contribution is 2.27. The molecule has 6 nitrogen and oxygen atoms in total. The number of hydrogen-bond acceptors (Lipinski definition) is 4. The maximum absolute atomic E-state index is 12.8. The van der Waals surface area contributed by atoms with Gasteiger partial charge in [-0.05, 0) is 43.4 Å². The number of carbonyl (C=O) groups is 2. The highest BCUT2D eigenvalue weighted by atomic mass is 35.5. The Bertz CT molecular complexity index is 880.